The maximum Gasteiger partial charge on any atom is 0.216 e. The quantitative estimate of drug-likeness (QED) is 0.740. The zero-order valence-corrected chi connectivity index (χ0v) is 10.0. The van der Waals surface area contributed by atoms with Gasteiger partial charge in [-0.25, -0.2) is 0 Å². The zero-order chi connectivity index (χ0) is 12.3. The van der Waals surface area contributed by atoms with Gasteiger partial charge in [-0.15, -0.1) is 0 Å². The number of aliphatic hydroxyl groups is 1. The summed E-state index contributed by atoms with van der Waals surface area (Å²) in [5, 5.41) is 12.8. The van der Waals surface area contributed by atoms with Crippen LogP contribution in [-0.2, 0) is 0 Å². The van der Waals surface area contributed by atoms with Crippen molar-refractivity contribution in [3.8, 4) is 5.88 Å². The Kier molecular flexibility index (Phi) is 3.68. The first-order chi connectivity index (χ1) is 8.17. The summed E-state index contributed by atoms with van der Waals surface area (Å²) in [4.78, 5) is 4.29. The van der Waals surface area contributed by atoms with Crippen LogP contribution in [0, 0.1) is 0 Å². The fourth-order valence-corrected chi connectivity index (χ4v) is 2.13. The van der Waals surface area contributed by atoms with Gasteiger partial charge < -0.3 is 20.9 Å². The molecule has 94 valence electrons. The van der Waals surface area contributed by atoms with Crippen LogP contribution in [0.1, 0.15) is 25.7 Å². The number of methoxy groups -OCH3 is 1. The molecular weight excluding hydrogens is 218 g/mol. The number of nitrogens with two attached hydrogens (primary N) is 1. The highest BCUT2D eigenvalue weighted by molar-refractivity contribution is 5.52. The number of pyridine rings is 1. The van der Waals surface area contributed by atoms with Crippen LogP contribution < -0.4 is 15.8 Å². The normalized spacial score (nSPS) is 24.4. The van der Waals surface area contributed by atoms with E-state index in [1.165, 1.54) is 0 Å². The van der Waals surface area contributed by atoms with E-state index in [4.69, 9.17) is 10.5 Å². The van der Waals surface area contributed by atoms with E-state index in [9.17, 15) is 5.11 Å². The van der Waals surface area contributed by atoms with E-state index in [1.807, 2.05) is 0 Å². The Morgan fingerprint density at radius 2 is 2.06 bits per heavy atom. The molecule has 1 aromatic rings. The van der Waals surface area contributed by atoms with Gasteiger partial charge in [-0.2, -0.15) is 4.98 Å². The predicted molar refractivity (Wildman–Crippen MR) is 67.1 cm³/mol. The Labute approximate surface area is 101 Å². The van der Waals surface area contributed by atoms with E-state index in [-0.39, 0.29) is 6.10 Å². The number of nitrogen functional groups attached to an aromatic ring is 1. The van der Waals surface area contributed by atoms with Crippen molar-refractivity contribution in [1.29, 1.82) is 0 Å². The van der Waals surface area contributed by atoms with E-state index in [2.05, 4.69) is 10.3 Å². The third-order valence-corrected chi connectivity index (χ3v) is 3.08. The second-order valence-corrected chi connectivity index (χ2v) is 4.48. The van der Waals surface area contributed by atoms with Crippen LogP contribution in [0.5, 0.6) is 5.88 Å². The lowest BCUT2D eigenvalue weighted by molar-refractivity contribution is 0.126. The van der Waals surface area contributed by atoms with Crippen molar-refractivity contribution in [2.24, 2.45) is 0 Å². The molecule has 0 unspecified atom stereocenters. The molecule has 1 heterocycles. The van der Waals surface area contributed by atoms with Crippen LogP contribution >= 0.6 is 0 Å². The van der Waals surface area contributed by atoms with Crippen LogP contribution in [0.15, 0.2) is 12.1 Å². The molecule has 1 saturated carbocycles. The average molecular weight is 237 g/mol. The number of ether oxygens (including phenoxy) is 1. The van der Waals surface area contributed by atoms with E-state index >= 15 is 0 Å². The van der Waals surface area contributed by atoms with Crippen LogP contribution in [0.25, 0.3) is 0 Å². The Bertz CT molecular complexity index is 376. The van der Waals surface area contributed by atoms with Crippen molar-refractivity contribution in [2.45, 2.75) is 37.8 Å². The molecule has 1 aliphatic carbocycles. The summed E-state index contributed by atoms with van der Waals surface area (Å²) in [6.07, 6.45) is 3.46. The molecule has 0 bridgehead atoms. The van der Waals surface area contributed by atoms with Gasteiger partial charge in [0.1, 0.15) is 5.82 Å². The molecule has 0 saturated heterocycles. The van der Waals surface area contributed by atoms with Gasteiger partial charge in [0.25, 0.3) is 0 Å². The number of nitrogens with zero attached hydrogens (tertiary/aromatic N) is 1. The Hall–Kier alpha value is -1.49. The number of anilines is 2. The average Bonchev–Trinajstić information content (AvgIpc) is 2.31. The Morgan fingerprint density at radius 3 is 2.71 bits per heavy atom. The highest BCUT2D eigenvalue weighted by atomic mass is 16.5. The molecule has 5 nitrogen and oxygen atoms in total. The second-order valence-electron chi connectivity index (χ2n) is 4.48. The minimum absolute atomic E-state index is 0.142. The number of hydrogen-bond acceptors (Lipinski definition) is 5. The molecule has 0 atom stereocenters. The zero-order valence-electron chi connectivity index (χ0n) is 10.0. The molecule has 1 aliphatic rings. The van der Waals surface area contributed by atoms with Gasteiger partial charge in [0.05, 0.1) is 13.2 Å². The summed E-state index contributed by atoms with van der Waals surface area (Å²) in [6.45, 7) is 0. The molecule has 0 amide bonds. The first-order valence-electron chi connectivity index (χ1n) is 5.93. The van der Waals surface area contributed by atoms with Gasteiger partial charge in [0.15, 0.2) is 0 Å². The fraction of sp³-hybridized carbons (Fsp3) is 0.583. The smallest absolute Gasteiger partial charge is 0.216 e. The summed E-state index contributed by atoms with van der Waals surface area (Å²) in [5.74, 6) is 1.26. The first kappa shape index (κ1) is 12.0. The van der Waals surface area contributed by atoms with E-state index in [0.717, 1.165) is 31.5 Å². The molecule has 0 spiro atoms. The molecule has 0 radical (unpaired) electrons. The summed E-state index contributed by atoms with van der Waals surface area (Å²) in [6, 6.07) is 3.85. The SMILES string of the molecule is COc1cc(N)cc(N[C@H]2CC[C@@H](O)CC2)n1. The van der Waals surface area contributed by atoms with E-state index in [0.29, 0.717) is 17.6 Å². The second kappa shape index (κ2) is 5.23. The fourth-order valence-electron chi connectivity index (χ4n) is 2.13. The highest BCUT2D eigenvalue weighted by Crippen LogP contribution is 2.23. The van der Waals surface area contributed by atoms with Crippen molar-refractivity contribution in [1.82, 2.24) is 4.98 Å². The van der Waals surface area contributed by atoms with Gasteiger partial charge in [0.2, 0.25) is 5.88 Å². The van der Waals surface area contributed by atoms with Gasteiger partial charge in [-0.05, 0) is 25.7 Å². The molecule has 4 N–H and O–H groups in total. The van der Waals surface area contributed by atoms with Crippen molar-refractivity contribution in [3.05, 3.63) is 12.1 Å². The van der Waals surface area contributed by atoms with Crippen LogP contribution in [-0.4, -0.2) is 29.3 Å². The molecule has 17 heavy (non-hydrogen) atoms. The number of nitrogens with one attached hydrogen (secondary N) is 1. The van der Waals surface area contributed by atoms with Crippen molar-refractivity contribution < 1.29 is 9.84 Å². The van der Waals surface area contributed by atoms with Crippen LogP contribution in [0.2, 0.25) is 0 Å². The number of rotatable bonds is 3. The molecular formula is C12H19N3O2. The van der Waals surface area contributed by atoms with Crippen molar-refractivity contribution in [2.75, 3.05) is 18.2 Å². The minimum atomic E-state index is -0.142. The van der Waals surface area contributed by atoms with Gasteiger partial charge in [-0.1, -0.05) is 0 Å². The van der Waals surface area contributed by atoms with E-state index < -0.39 is 0 Å². The molecule has 1 aromatic heterocycles. The predicted octanol–water partition coefficient (Wildman–Crippen LogP) is 1.39. The first-order valence-corrected chi connectivity index (χ1v) is 5.93. The highest BCUT2D eigenvalue weighted by Gasteiger charge is 2.19. The Morgan fingerprint density at radius 1 is 1.35 bits per heavy atom. The molecule has 0 aromatic carbocycles. The number of aromatic nitrogens is 1. The minimum Gasteiger partial charge on any atom is -0.481 e. The van der Waals surface area contributed by atoms with E-state index in [1.54, 1.807) is 19.2 Å². The Balaban J connectivity index is 2.00. The monoisotopic (exact) mass is 237 g/mol. The maximum absolute atomic E-state index is 9.44. The molecule has 5 heteroatoms. The summed E-state index contributed by atoms with van der Waals surface area (Å²) in [7, 11) is 1.57. The van der Waals surface area contributed by atoms with Crippen LogP contribution in [0.4, 0.5) is 11.5 Å². The lowest BCUT2D eigenvalue weighted by atomic mass is 9.93. The van der Waals surface area contributed by atoms with Gasteiger partial charge >= 0.3 is 0 Å². The summed E-state index contributed by atoms with van der Waals surface area (Å²) >= 11 is 0. The number of aliphatic hydroxyl groups excluding tert-OH is 1. The van der Waals surface area contributed by atoms with Gasteiger partial charge in [-0.3, -0.25) is 0 Å². The summed E-state index contributed by atoms with van der Waals surface area (Å²) < 4.78 is 5.07. The molecule has 1 fully saturated rings. The lowest BCUT2D eigenvalue weighted by Gasteiger charge is -2.26. The molecule has 0 aliphatic heterocycles. The van der Waals surface area contributed by atoms with Crippen molar-refractivity contribution >= 4 is 11.5 Å². The number of hydrogen-bond donors (Lipinski definition) is 3. The third-order valence-electron chi connectivity index (χ3n) is 3.08. The molecule has 2 rings (SSSR count). The maximum atomic E-state index is 9.44. The third kappa shape index (κ3) is 3.23. The van der Waals surface area contributed by atoms with Crippen LogP contribution in [0.3, 0.4) is 0 Å². The standard InChI is InChI=1S/C12H19N3O2/c1-17-12-7-8(13)6-11(15-12)14-9-2-4-10(16)5-3-9/h6-7,9-10,16H,2-5H2,1H3,(H3,13,14,15)/t9-,10+. The van der Waals surface area contributed by atoms with Crippen molar-refractivity contribution in [3.63, 3.8) is 0 Å². The largest absolute Gasteiger partial charge is 0.481 e. The van der Waals surface area contributed by atoms with Gasteiger partial charge in [0, 0.05) is 23.9 Å². The topological polar surface area (TPSA) is 80.4 Å². The summed E-state index contributed by atoms with van der Waals surface area (Å²) in [5.41, 5.74) is 6.40. The lowest BCUT2D eigenvalue weighted by Crippen LogP contribution is -2.28.